The molecule has 0 rings (SSSR count). The van der Waals surface area contributed by atoms with Gasteiger partial charge in [0, 0.05) is 6.08 Å². The molecule has 0 fully saturated rings. The summed E-state index contributed by atoms with van der Waals surface area (Å²) < 4.78 is 0.171. The lowest BCUT2D eigenvalue weighted by atomic mass is 10.7. The first kappa shape index (κ1) is 22.6. The first-order valence-corrected chi connectivity index (χ1v) is 2.63. The summed E-state index contributed by atoms with van der Waals surface area (Å²) in [7, 11) is 5.25. The number of nitrogens with zero attached hydrogens (tertiary/aromatic N) is 1. The van der Waals surface area contributed by atoms with Gasteiger partial charge in [0.15, 0.2) is 0 Å². The Morgan fingerprint density at radius 2 is 1.67 bits per heavy atom. The van der Waals surface area contributed by atoms with Crippen molar-refractivity contribution in [3.8, 4) is 0 Å². The maximum Gasteiger partial charge on any atom is 0.389 e. The number of carbonyl (C=O) groups excluding carboxylic acids is 1. The van der Waals surface area contributed by atoms with Gasteiger partial charge in [-0.05, 0) is 0 Å². The van der Waals surface area contributed by atoms with Gasteiger partial charge >= 0.3 is 5.97 Å². The fraction of sp³-hybridized carbons (Fsp3) is 0.500. The molecule has 0 atom stereocenters. The van der Waals surface area contributed by atoms with Crippen molar-refractivity contribution in [2.24, 2.45) is 0 Å². The maximum atomic E-state index is 10.5. The topological polar surface area (TPSA) is 62.8 Å². The van der Waals surface area contributed by atoms with E-state index in [2.05, 4.69) is 6.58 Å². The predicted molar refractivity (Wildman–Crippen MR) is 40.3 cm³/mol. The van der Waals surface area contributed by atoms with Crippen LogP contribution in [0.5, 0.6) is 0 Å². The van der Waals surface area contributed by atoms with Crippen LogP contribution < -0.4 is 31.0 Å². The zero-order valence-electron chi connectivity index (χ0n) is 7.80. The van der Waals surface area contributed by atoms with E-state index < -0.39 is 5.97 Å². The molecule has 0 amide bonds. The first-order chi connectivity index (χ1) is 3.95. The van der Waals surface area contributed by atoms with Gasteiger partial charge in [0.05, 0.1) is 0 Å². The van der Waals surface area contributed by atoms with Crippen molar-refractivity contribution in [3.05, 3.63) is 12.7 Å². The molecule has 0 aliphatic rings. The van der Waals surface area contributed by atoms with Crippen molar-refractivity contribution >= 4 is 5.97 Å². The largest absolute Gasteiger partial charge is 1.00 e. The van der Waals surface area contributed by atoms with Crippen LogP contribution in [0.4, 0.5) is 0 Å². The second kappa shape index (κ2) is 8.80. The van der Waals surface area contributed by atoms with E-state index in [4.69, 9.17) is 4.84 Å². The molecule has 0 saturated carbocycles. The Morgan fingerprint density at radius 1 is 1.33 bits per heavy atom. The van der Waals surface area contributed by atoms with Crippen molar-refractivity contribution < 1.29 is 39.1 Å². The Morgan fingerprint density at radius 3 is 1.75 bits per heavy atom. The average Bonchev–Trinajstić information content (AvgIpc) is 1.62. The lowest BCUT2D eigenvalue weighted by Gasteiger charge is -2.18. The van der Waals surface area contributed by atoms with Crippen LogP contribution >= 0.6 is 0 Å². The predicted octanol–water partition coefficient (Wildman–Crippen LogP) is -5.28. The number of hydroxylamine groups is 3. The molecule has 0 bridgehead atoms. The molecule has 0 spiro atoms. The van der Waals surface area contributed by atoms with Gasteiger partial charge in [-0.3, -0.25) is 4.84 Å². The van der Waals surface area contributed by atoms with Gasteiger partial charge in [-0.15, -0.1) is 4.65 Å². The number of halogens is 2. The van der Waals surface area contributed by atoms with Crippen LogP contribution in [0.2, 0.25) is 0 Å². The van der Waals surface area contributed by atoms with E-state index in [1.165, 1.54) is 0 Å². The van der Waals surface area contributed by atoms with Crippen LogP contribution in [0.15, 0.2) is 12.7 Å². The molecule has 0 unspecified atom stereocenters. The van der Waals surface area contributed by atoms with Gasteiger partial charge in [-0.2, -0.15) is 0 Å². The van der Waals surface area contributed by atoms with Gasteiger partial charge in [-0.25, -0.2) is 4.79 Å². The normalized spacial score (nSPS) is 7.92. The van der Waals surface area contributed by atoms with E-state index in [-0.39, 0.29) is 35.6 Å². The van der Waals surface area contributed by atoms with Crippen molar-refractivity contribution in [2.75, 3.05) is 21.1 Å². The highest BCUT2D eigenvalue weighted by molar-refractivity contribution is 5.80. The van der Waals surface area contributed by atoms with E-state index in [1.54, 1.807) is 21.1 Å². The van der Waals surface area contributed by atoms with Crippen LogP contribution in [-0.2, 0) is 9.63 Å². The third kappa shape index (κ3) is 16.4. The minimum absolute atomic E-state index is 0. The monoisotopic (exact) mass is 218 g/mol. The van der Waals surface area contributed by atoms with Crippen molar-refractivity contribution in [1.82, 2.24) is 6.15 Å². The summed E-state index contributed by atoms with van der Waals surface area (Å²) in [5, 5.41) is 0. The number of carbonyl (C=O) groups is 1. The molecule has 76 valence electrons. The third-order valence-electron chi connectivity index (χ3n) is 0.531. The highest BCUT2D eigenvalue weighted by Crippen LogP contribution is 1.92. The maximum absolute atomic E-state index is 10.5. The Kier molecular flexibility index (Phi) is 16.6. The highest BCUT2D eigenvalue weighted by atomic mass is 35.5. The van der Waals surface area contributed by atoms with E-state index in [1.807, 2.05) is 0 Å². The van der Waals surface area contributed by atoms with Crippen molar-refractivity contribution in [1.29, 1.82) is 0 Å². The summed E-state index contributed by atoms with van der Waals surface area (Å²) >= 11 is 0. The average molecular weight is 219 g/mol. The number of quaternary nitrogens is 2. The standard InChI is InChI=1S/C6H12NO2.2ClH.H3N/c1-5-6(8)9-7(2,3)4;;;/h5H,1H2,2-4H3;2*1H;1H3/q+1;;;/p-1. The summed E-state index contributed by atoms with van der Waals surface area (Å²) in [6, 6.07) is 0. The fourth-order valence-electron chi connectivity index (χ4n) is 0.307. The number of rotatable bonds is 2. The number of hydrogen-bond acceptors (Lipinski definition) is 2. The molecular formula is C6H16Cl2N2O2. The Bertz CT molecular complexity index is 134. The highest BCUT2D eigenvalue weighted by Gasteiger charge is 2.11. The fourth-order valence-corrected chi connectivity index (χ4v) is 0.307. The molecule has 0 saturated heterocycles. The van der Waals surface area contributed by atoms with Gasteiger partial charge < -0.3 is 31.0 Å². The molecule has 0 aliphatic carbocycles. The lowest BCUT2D eigenvalue weighted by molar-refractivity contribution is -1.04. The van der Waals surface area contributed by atoms with Crippen LogP contribution in [0, 0.1) is 0 Å². The molecule has 6 heteroatoms. The molecule has 12 heavy (non-hydrogen) atoms. The van der Waals surface area contributed by atoms with E-state index >= 15 is 0 Å². The quantitative estimate of drug-likeness (QED) is 0.286. The van der Waals surface area contributed by atoms with E-state index in [9.17, 15) is 4.79 Å². The van der Waals surface area contributed by atoms with Crippen LogP contribution in [-0.4, -0.2) is 31.8 Å². The summed E-state index contributed by atoms with van der Waals surface area (Å²) in [6.45, 7) is 3.26. The zero-order chi connectivity index (χ0) is 7.49. The van der Waals surface area contributed by atoms with Crippen LogP contribution in [0.25, 0.3) is 0 Å². The third-order valence-corrected chi connectivity index (χ3v) is 0.531. The van der Waals surface area contributed by atoms with Gasteiger partial charge in [0.25, 0.3) is 0 Å². The summed E-state index contributed by atoms with van der Waals surface area (Å²) in [5.41, 5.74) is 0. The SMILES string of the molecule is C=CC(=O)O[N+](C)(C)C.[Cl-].[Cl-].[NH4+]. The lowest BCUT2D eigenvalue weighted by Crippen LogP contribution is -3.00. The van der Waals surface area contributed by atoms with Crippen molar-refractivity contribution in [3.63, 3.8) is 0 Å². The molecular weight excluding hydrogens is 203 g/mol. The molecule has 4 N–H and O–H groups in total. The Balaban J connectivity index is -0.000000107. The molecule has 0 radical (unpaired) electrons. The first-order valence-electron chi connectivity index (χ1n) is 2.63. The molecule has 0 heterocycles. The van der Waals surface area contributed by atoms with Crippen molar-refractivity contribution in [2.45, 2.75) is 0 Å². The van der Waals surface area contributed by atoms with Gasteiger partial charge in [0.1, 0.15) is 21.1 Å². The molecule has 0 aliphatic heterocycles. The Hall–Kier alpha value is -0.290. The summed E-state index contributed by atoms with van der Waals surface area (Å²) in [6.07, 6.45) is 1.14. The number of hydrogen-bond donors (Lipinski definition) is 1. The van der Waals surface area contributed by atoms with Crippen LogP contribution in [0.3, 0.4) is 0 Å². The smallest absolute Gasteiger partial charge is 0.389 e. The second-order valence-corrected chi connectivity index (χ2v) is 2.50. The summed E-state index contributed by atoms with van der Waals surface area (Å²) in [5.74, 6) is -0.400. The molecule has 4 nitrogen and oxygen atoms in total. The zero-order valence-corrected chi connectivity index (χ0v) is 9.32. The summed E-state index contributed by atoms with van der Waals surface area (Å²) in [4.78, 5) is 15.2. The Labute approximate surface area is 85.5 Å². The molecule has 0 aromatic heterocycles. The second-order valence-electron chi connectivity index (χ2n) is 2.50. The van der Waals surface area contributed by atoms with Gasteiger partial charge in [-0.1, -0.05) is 6.58 Å². The minimum atomic E-state index is -0.400. The van der Waals surface area contributed by atoms with E-state index in [0.29, 0.717) is 0 Å². The minimum Gasteiger partial charge on any atom is -1.00 e. The van der Waals surface area contributed by atoms with E-state index in [0.717, 1.165) is 6.08 Å². The molecule has 0 aromatic rings. The van der Waals surface area contributed by atoms with Crippen LogP contribution in [0.1, 0.15) is 0 Å². The molecule has 0 aromatic carbocycles. The van der Waals surface area contributed by atoms with Gasteiger partial charge in [0.2, 0.25) is 0 Å².